The quantitative estimate of drug-likeness (QED) is 0.946. The third-order valence-corrected chi connectivity index (χ3v) is 4.82. The number of aromatic nitrogens is 2. The summed E-state index contributed by atoms with van der Waals surface area (Å²) in [5, 5.41) is 7.50. The molecule has 2 aromatic rings. The highest BCUT2D eigenvalue weighted by Gasteiger charge is 2.24. The summed E-state index contributed by atoms with van der Waals surface area (Å²) >= 11 is 0. The number of carbonyl (C=O) groups is 1. The molecule has 0 fully saturated rings. The monoisotopic (exact) mass is 297 g/mol. The van der Waals surface area contributed by atoms with Gasteiger partial charge in [-0.25, -0.2) is 0 Å². The molecule has 0 spiro atoms. The first kappa shape index (κ1) is 14.8. The summed E-state index contributed by atoms with van der Waals surface area (Å²) in [7, 11) is 1.94. The largest absolute Gasteiger partial charge is 0.352 e. The molecule has 3 rings (SSSR count). The lowest BCUT2D eigenvalue weighted by atomic mass is 9.83. The fraction of sp³-hybridized carbons (Fsp3) is 0.444. The Morgan fingerprint density at radius 2 is 2.05 bits per heavy atom. The van der Waals surface area contributed by atoms with Crippen molar-refractivity contribution < 1.29 is 4.79 Å². The van der Waals surface area contributed by atoms with E-state index in [1.165, 1.54) is 11.1 Å². The van der Waals surface area contributed by atoms with Crippen LogP contribution in [0, 0.1) is 19.8 Å². The van der Waals surface area contributed by atoms with Crippen molar-refractivity contribution in [1.82, 2.24) is 15.1 Å². The molecule has 0 bridgehead atoms. The number of hydrogen-bond acceptors (Lipinski definition) is 2. The summed E-state index contributed by atoms with van der Waals surface area (Å²) in [5.74, 6) is 0.254. The van der Waals surface area contributed by atoms with Gasteiger partial charge >= 0.3 is 0 Å². The Labute approximate surface area is 131 Å². The van der Waals surface area contributed by atoms with Gasteiger partial charge in [-0.2, -0.15) is 5.10 Å². The maximum atomic E-state index is 12.5. The molecular formula is C18H23N3O. The smallest absolute Gasteiger partial charge is 0.223 e. The molecule has 1 aliphatic carbocycles. The number of rotatable bonds is 3. The van der Waals surface area contributed by atoms with E-state index in [2.05, 4.69) is 34.7 Å². The summed E-state index contributed by atoms with van der Waals surface area (Å²) in [4.78, 5) is 12.5. The van der Waals surface area contributed by atoms with Crippen LogP contribution in [0.5, 0.6) is 0 Å². The van der Waals surface area contributed by atoms with Gasteiger partial charge in [0.05, 0.1) is 5.69 Å². The van der Waals surface area contributed by atoms with Crippen LogP contribution in [0.3, 0.4) is 0 Å². The Balaban J connectivity index is 1.64. The zero-order valence-electron chi connectivity index (χ0n) is 13.5. The fourth-order valence-corrected chi connectivity index (χ4v) is 3.31. The van der Waals surface area contributed by atoms with E-state index in [4.69, 9.17) is 0 Å². The van der Waals surface area contributed by atoms with Gasteiger partial charge in [0.25, 0.3) is 0 Å². The maximum absolute atomic E-state index is 12.5. The normalized spacial score (nSPS) is 17.1. The molecule has 0 saturated heterocycles. The minimum atomic E-state index is 0.0900. The summed E-state index contributed by atoms with van der Waals surface area (Å²) in [6.07, 6.45) is 2.79. The Morgan fingerprint density at radius 1 is 1.32 bits per heavy atom. The number of hydrogen-bond donors (Lipinski definition) is 1. The van der Waals surface area contributed by atoms with Gasteiger partial charge in [-0.15, -0.1) is 0 Å². The van der Waals surface area contributed by atoms with E-state index < -0.39 is 0 Å². The van der Waals surface area contributed by atoms with Crippen LogP contribution in [-0.4, -0.2) is 15.7 Å². The van der Waals surface area contributed by atoms with Gasteiger partial charge in [0.15, 0.2) is 0 Å². The van der Waals surface area contributed by atoms with Crippen molar-refractivity contribution >= 4 is 5.91 Å². The standard InChI is InChI=1S/C18H23N3O/c1-12-17(13(2)21(3)20-12)11-19-18(22)16-9-8-14-6-4-5-7-15(14)10-16/h4-7,16H,8-11H2,1-3H3,(H,19,22). The van der Waals surface area contributed by atoms with Crippen molar-refractivity contribution in [3.05, 3.63) is 52.3 Å². The van der Waals surface area contributed by atoms with E-state index in [-0.39, 0.29) is 11.8 Å². The molecule has 1 aromatic heterocycles. The van der Waals surface area contributed by atoms with Crippen LogP contribution in [0.1, 0.15) is 34.5 Å². The second kappa shape index (κ2) is 5.95. The van der Waals surface area contributed by atoms with E-state index in [1.54, 1.807) is 0 Å². The zero-order valence-corrected chi connectivity index (χ0v) is 13.5. The number of aryl methyl sites for hydroxylation is 3. The molecule has 116 valence electrons. The van der Waals surface area contributed by atoms with Crippen molar-refractivity contribution in [2.75, 3.05) is 0 Å². The van der Waals surface area contributed by atoms with Crippen LogP contribution in [0.2, 0.25) is 0 Å². The number of nitrogens with one attached hydrogen (secondary N) is 1. The van der Waals surface area contributed by atoms with E-state index in [9.17, 15) is 4.79 Å². The number of benzene rings is 1. The topological polar surface area (TPSA) is 46.9 Å². The first-order valence-electron chi connectivity index (χ1n) is 7.90. The minimum Gasteiger partial charge on any atom is -0.352 e. The minimum absolute atomic E-state index is 0.0900. The molecule has 1 unspecified atom stereocenters. The van der Waals surface area contributed by atoms with Crippen molar-refractivity contribution in [3.63, 3.8) is 0 Å². The van der Waals surface area contributed by atoms with Gasteiger partial charge < -0.3 is 5.32 Å². The molecule has 1 atom stereocenters. The Hall–Kier alpha value is -2.10. The summed E-state index contributed by atoms with van der Waals surface area (Å²) in [6, 6.07) is 8.45. The first-order chi connectivity index (χ1) is 10.6. The molecule has 1 aliphatic rings. The highest BCUT2D eigenvalue weighted by atomic mass is 16.1. The van der Waals surface area contributed by atoms with E-state index >= 15 is 0 Å². The lowest BCUT2D eigenvalue weighted by Crippen LogP contribution is -2.33. The van der Waals surface area contributed by atoms with Gasteiger partial charge in [0.1, 0.15) is 0 Å². The summed E-state index contributed by atoms with van der Waals surface area (Å²) < 4.78 is 1.87. The molecule has 0 saturated carbocycles. The van der Waals surface area contributed by atoms with Crippen molar-refractivity contribution in [1.29, 1.82) is 0 Å². The third kappa shape index (κ3) is 2.78. The lowest BCUT2D eigenvalue weighted by molar-refractivity contribution is -0.125. The molecule has 1 amide bonds. The van der Waals surface area contributed by atoms with E-state index in [0.29, 0.717) is 6.54 Å². The maximum Gasteiger partial charge on any atom is 0.223 e. The molecule has 1 aromatic carbocycles. The van der Waals surface area contributed by atoms with Gasteiger partial charge in [-0.3, -0.25) is 9.48 Å². The molecule has 4 nitrogen and oxygen atoms in total. The van der Waals surface area contributed by atoms with Crippen LogP contribution < -0.4 is 5.32 Å². The molecule has 22 heavy (non-hydrogen) atoms. The van der Waals surface area contributed by atoms with Gasteiger partial charge in [-0.05, 0) is 44.2 Å². The average molecular weight is 297 g/mol. The Kier molecular flexibility index (Phi) is 4.01. The van der Waals surface area contributed by atoms with Crippen LogP contribution >= 0.6 is 0 Å². The van der Waals surface area contributed by atoms with E-state index in [1.807, 2.05) is 25.6 Å². The highest BCUT2D eigenvalue weighted by Crippen LogP contribution is 2.25. The first-order valence-corrected chi connectivity index (χ1v) is 7.90. The molecule has 4 heteroatoms. The number of nitrogens with zero attached hydrogens (tertiary/aromatic N) is 2. The van der Waals surface area contributed by atoms with Crippen molar-refractivity contribution in [2.24, 2.45) is 13.0 Å². The average Bonchev–Trinajstić information content (AvgIpc) is 2.77. The number of fused-ring (bicyclic) bond motifs is 1. The number of amides is 1. The third-order valence-electron chi connectivity index (χ3n) is 4.82. The Morgan fingerprint density at radius 3 is 2.73 bits per heavy atom. The molecule has 1 N–H and O–H groups in total. The number of carbonyl (C=O) groups excluding carboxylic acids is 1. The van der Waals surface area contributed by atoms with Gasteiger partial charge in [-0.1, -0.05) is 24.3 Å². The second-order valence-electron chi connectivity index (χ2n) is 6.20. The van der Waals surface area contributed by atoms with Gasteiger partial charge in [0.2, 0.25) is 5.91 Å². The Bertz CT molecular complexity index is 702. The second-order valence-corrected chi connectivity index (χ2v) is 6.20. The molecule has 1 heterocycles. The molecular weight excluding hydrogens is 274 g/mol. The lowest BCUT2D eigenvalue weighted by Gasteiger charge is -2.23. The SMILES string of the molecule is Cc1nn(C)c(C)c1CNC(=O)C1CCc2ccccc2C1. The van der Waals surface area contributed by atoms with Crippen LogP contribution in [-0.2, 0) is 31.2 Å². The van der Waals surface area contributed by atoms with Crippen molar-refractivity contribution in [3.8, 4) is 0 Å². The summed E-state index contributed by atoms with van der Waals surface area (Å²) in [5.41, 5.74) is 5.96. The fourth-order valence-electron chi connectivity index (χ4n) is 3.31. The van der Waals surface area contributed by atoms with Crippen LogP contribution in [0.4, 0.5) is 0 Å². The van der Waals surface area contributed by atoms with Crippen LogP contribution in [0.15, 0.2) is 24.3 Å². The summed E-state index contributed by atoms with van der Waals surface area (Å²) in [6.45, 7) is 4.60. The van der Waals surface area contributed by atoms with Crippen molar-refractivity contribution in [2.45, 2.75) is 39.7 Å². The predicted octanol–water partition coefficient (Wildman–Crippen LogP) is 2.46. The highest BCUT2D eigenvalue weighted by molar-refractivity contribution is 5.79. The molecule has 0 aliphatic heterocycles. The molecule has 0 radical (unpaired) electrons. The van der Waals surface area contributed by atoms with Gasteiger partial charge in [0, 0.05) is 30.8 Å². The van der Waals surface area contributed by atoms with E-state index in [0.717, 1.165) is 36.2 Å². The van der Waals surface area contributed by atoms with Crippen LogP contribution in [0.25, 0.3) is 0 Å². The zero-order chi connectivity index (χ0) is 15.7. The predicted molar refractivity (Wildman–Crippen MR) is 86.5 cm³/mol.